The van der Waals surface area contributed by atoms with Gasteiger partial charge in [0.2, 0.25) is 11.7 Å². The van der Waals surface area contributed by atoms with Crippen LogP contribution in [0.4, 0.5) is 11.6 Å². The van der Waals surface area contributed by atoms with Crippen LogP contribution in [0.1, 0.15) is 0 Å². The molecule has 98 valence electrons. The van der Waals surface area contributed by atoms with Crippen molar-refractivity contribution in [3.05, 3.63) is 6.33 Å². The molecule has 1 unspecified atom stereocenters. The molecule has 1 aliphatic heterocycles. The summed E-state index contributed by atoms with van der Waals surface area (Å²) in [5, 5.41) is 0. The van der Waals surface area contributed by atoms with Gasteiger partial charge in [-0.15, -0.1) is 0 Å². The average Bonchev–Trinajstić information content (AvgIpc) is 2.38. The number of morpholine rings is 1. The second kappa shape index (κ2) is 5.05. The summed E-state index contributed by atoms with van der Waals surface area (Å²) in [4.78, 5) is 21.0. The predicted molar refractivity (Wildman–Crippen MR) is 64.1 cm³/mol. The number of primary amides is 1. The van der Waals surface area contributed by atoms with E-state index in [1.165, 1.54) is 13.4 Å². The molecule has 0 bridgehead atoms. The van der Waals surface area contributed by atoms with Gasteiger partial charge in [0.1, 0.15) is 6.33 Å². The summed E-state index contributed by atoms with van der Waals surface area (Å²) < 4.78 is 10.4. The van der Waals surface area contributed by atoms with Crippen molar-refractivity contribution in [1.29, 1.82) is 0 Å². The molecule has 1 atom stereocenters. The van der Waals surface area contributed by atoms with Gasteiger partial charge >= 0.3 is 0 Å². The van der Waals surface area contributed by atoms with Gasteiger partial charge in [-0.1, -0.05) is 0 Å². The Kier molecular flexibility index (Phi) is 3.47. The first-order chi connectivity index (χ1) is 8.63. The lowest BCUT2D eigenvalue weighted by atomic mass is 10.2. The highest BCUT2D eigenvalue weighted by Crippen LogP contribution is 2.30. The standard InChI is InChI=1S/C10H15N5O3/c1-17-7-8(11)13-5-14-10(7)15-2-3-18-6(4-15)9(12)16/h5-6H,2-4H2,1H3,(H2,12,16)(H2,11,13,14). The highest BCUT2D eigenvalue weighted by molar-refractivity contribution is 5.80. The van der Waals surface area contributed by atoms with Gasteiger partial charge in [0, 0.05) is 6.54 Å². The molecule has 1 aromatic rings. The monoisotopic (exact) mass is 253 g/mol. The van der Waals surface area contributed by atoms with Crippen LogP contribution in [0.15, 0.2) is 6.33 Å². The van der Waals surface area contributed by atoms with Gasteiger partial charge in [0.25, 0.3) is 0 Å². The molecular weight excluding hydrogens is 238 g/mol. The first-order valence-corrected chi connectivity index (χ1v) is 5.43. The normalized spacial score (nSPS) is 19.6. The van der Waals surface area contributed by atoms with E-state index in [9.17, 15) is 4.79 Å². The second-order valence-electron chi connectivity index (χ2n) is 3.82. The number of anilines is 2. The van der Waals surface area contributed by atoms with Gasteiger partial charge < -0.3 is 25.8 Å². The van der Waals surface area contributed by atoms with E-state index in [-0.39, 0.29) is 5.82 Å². The fourth-order valence-corrected chi connectivity index (χ4v) is 1.81. The Morgan fingerprint density at radius 3 is 3.06 bits per heavy atom. The van der Waals surface area contributed by atoms with Crippen molar-refractivity contribution in [2.75, 3.05) is 37.4 Å². The molecule has 0 aliphatic carbocycles. The molecule has 0 saturated carbocycles. The maximum absolute atomic E-state index is 11.1. The smallest absolute Gasteiger partial charge is 0.248 e. The molecule has 0 spiro atoms. The van der Waals surface area contributed by atoms with Crippen molar-refractivity contribution in [2.24, 2.45) is 5.73 Å². The Balaban J connectivity index is 2.26. The molecule has 2 rings (SSSR count). The lowest BCUT2D eigenvalue weighted by Gasteiger charge is -2.32. The number of nitrogen functional groups attached to an aromatic ring is 1. The Morgan fingerprint density at radius 1 is 1.61 bits per heavy atom. The van der Waals surface area contributed by atoms with Crippen molar-refractivity contribution in [3.63, 3.8) is 0 Å². The Morgan fingerprint density at radius 2 is 2.39 bits per heavy atom. The summed E-state index contributed by atoms with van der Waals surface area (Å²) in [6.45, 7) is 1.29. The molecule has 1 aliphatic rings. The molecule has 8 heteroatoms. The van der Waals surface area contributed by atoms with Crippen LogP contribution in [0.5, 0.6) is 5.75 Å². The van der Waals surface area contributed by atoms with Crippen LogP contribution in [0.3, 0.4) is 0 Å². The second-order valence-corrected chi connectivity index (χ2v) is 3.82. The van der Waals surface area contributed by atoms with Crippen molar-refractivity contribution in [2.45, 2.75) is 6.10 Å². The molecule has 1 saturated heterocycles. The minimum atomic E-state index is -0.653. The van der Waals surface area contributed by atoms with Crippen molar-refractivity contribution in [1.82, 2.24) is 9.97 Å². The van der Waals surface area contributed by atoms with Crippen LogP contribution < -0.4 is 21.1 Å². The van der Waals surface area contributed by atoms with Crippen LogP contribution in [0.2, 0.25) is 0 Å². The third-order valence-corrected chi connectivity index (χ3v) is 2.70. The Labute approximate surface area is 104 Å². The molecular formula is C10H15N5O3. The van der Waals surface area contributed by atoms with E-state index < -0.39 is 12.0 Å². The summed E-state index contributed by atoms with van der Waals surface area (Å²) >= 11 is 0. The quantitative estimate of drug-likeness (QED) is 0.691. The number of nitrogens with two attached hydrogens (primary N) is 2. The zero-order valence-electron chi connectivity index (χ0n) is 10.00. The Bertz CT molecular complexity index is 453. The van der Waals surface area contributed by atoms with Gasteiger partial charge in [-0.25, -0.2) is 9.97 Å². The fourth-order valence-electron chi connectivity index (χ4n) is 1.81. The molecule has 1 fully saturated rings. The number of nitrogens with zero attached hydrogens (tertiary/aromatic N) is 3. The summed E-state index contributed by atoms with van der Waals surface area (Å²) in [6.07, 6.45) is 0.696. The number of rotatable bonds is 3. The molecule has 4 N–H and O–H groups in total. The lowest BCUT2D eigenvalue weighted by molar-refractivity contribution is -0.130. The number of hydrogen-bond donors (Lipinski definition) is 2. The fraction of sp³-hybridized carbons (Fsp3) is 0.500. The maximum Gasteiger partial charge on any atom is 0.248 e. The van der Waals surface area contributed by atoms with E-state index in [2.05, 4.69) is 9.97 Å². The molecule has 0 aromatic carbocycles. The number of aromatic nitrogens is 2. The van der Waals surface area contributed by atoms with Gasteiger partial charge in [-0.3, -0.25) is 4.79 Å². The first-order valence-electron chi connectivity index (χ1n) is 5.43. The van der Waals surface area contributed by atoms with E-state index in [4.69, 9.17) is 20.9 Å². The summed E-state index contributed by atoms with van der Waals surface area (Å²) in [6, 6.07) is 0. The number of methoxy groups -OCH3 is 1. The highest BCUT2D eigenvalue weighted by atomic mass is 16.5. The van der Waals surface area contributed by atoms with Crippen LogP contribution in [0, 0.1) is 0 Å². The average molecular weight is 253 g/mol. The van der Waals surface area contributed by atoms with Crippen LogP contribution in [-0.4, -0.2) is 48.8 Å². The van der Waals surface area contributed by atoms with Gasteiger partial charge in [0.05, 0.1) is 20.3 Å². The molecule has 0 radical (unpaired) electrons. The van der Waals surface area contributed by atoms with E-state index in [1.807, 2.05) is 4.90 Å². The largest absolute Gasteiger partial charge is 0.490 e. The first kappa shape index (κ1) is 12.4. The van der Waals surface area contributed by atoms with Crippen LogP contribution >= 0.6 is 0 Å². The maximum atomic E-state index is 11.1. The Hall–Kier alpha value is -2.09. The third-order valence-electron chi connectivity index (χ3n) is 2.70. The molecule has 18 heavy (non-hydrogen) atoms. The van der Waals surface area contributed by atoms with Crippen molar-refractivity contribution >= 4 is 17.5 Å². The topological polar surface area (TPSA) is 117 Å². The summed E-state index contributed by atoms with van der Waals surface area (Å²) in [5.41, 5.74) is 10.9. The molecule has 1 aromatic heterocycles. The number of hydrogen-bond acceptors (Lipinski definition) is 7. The van der Waals surface area contributed by atoms with E-state index in [0.717, 1.165) is 0 Å². The zero-order valence-corrected chi connectivity index (χ0v) is 10.00. The number of amides is 1. The van der Waals surface area contributed by atoms with E-state index >= 15 is 0 Å². The van der Waals surface area contributed by atoms with Gasteiger partial charge in [-0.2, -0.15) is 0 Å². The number of carbonyl (C=O) groups excluding carboxylic acids is 1. The highest BCUT2D eigenvalue weighted by Gasteiger charge is 2.27. The summed E-state index contributed by atoms with van der Waals surface area (Å²) in [7, 11) is 1.49. The van der Waals surface area contributed by atoms with Gasteiger partial charge in [-0.05, 0) is 0 Å². The predicted octanol–water partition coefficient (Wildman–Crippen LogP) is -1.24. The number of carbonyl (C=O) groups is 1. The third kappa shape index (κ3) is 2.28. The van der Waals surface area contributed by atoms with Crippen molar-refractivity contribution < 1.29 is 14.3 Å². The molecule has 2 heterocycles. The van der Waals surface area contributed by atoms with Crippen LogP contribution in [0.25, 0.3) is 0 Å². The summed E-state index contributed by atoms with van der Waals surface area (Å²) in [5.74, 6) is 0.687. The van der Waals surface area contributed by atoms with E-state index in [0.29, 0.717) is 31.3 Å². The van der Waals surface area contributed by atoms with Gasteiger partial charge in [0.15, 0.2) is 17.7 Å². The minimum absolute atomic E-state index is 0.254. The zero-order chi connectivity index (χ0) is 13.1. The lowest BCUT2D eigenvalue weighted by Crippen LogP contribution is -2.48. The van der Waals surface area contributed by atoms with Crippen molar-refractivity contribution in [3.8, 4) is 5.75 Å². The SMILES string of the molecule is COc1c(N)ncnc1N1CCOC(C(N)=O)C1. The number of ether oxygens (including phenoxy) is 2. The van der Waals surface area contributed by atoms with Crippen LogP contribution in [-0.2, 0) is 9.53 Å². The molecule has 8 nitrogen and oxygen atoms in total. The van der Waals surface area contributed by atoms with E-state index in [1.54, 1.807) is 0 Å². The minimum Gasteiger partial charge on any atom is -0.490 e. The molecule has 1 amide bonds.